The van der Waals surface area contributed by atoms with Crippen LogP contribution in [0.15, 0.2) is 35.9 Å². The van der Waals surface area contributed by atoms with Crippen molar-refractivity contribution in [2.45, 2.75) is 12.6 Å². The lowest BCUT2D eigenvalue weighted by Crippen LogP contribution is -2.07. The van der Waals surface area contributed by atoms with Gasteiger partial charge in [0.25, 0.3) is 0 Å². The maximum atomic E-state index is 12.0. The lowest BCUT2D eigenvalue weighted by Gasteiger charge is -2.04. The first-order chi connectivity index (χ1) is 7.01. The third-order valence-corrected chi connectivity index (χ3v) is 1.67. The van der Waals surface area contributed by atoms with E-state index in [1.54, 1.807) is 36.4 Å². The zero-order valence-corrected chi connectivity index (χ0v) is 7.75. The zero-order chi connectivity index (χ0) is 11.3. The number of hydrogen-bond donors (Lipinski definition) is 0. The van der Waals surface area contributed by atoms with Crippen molar-refractivity contribution >= 4 is 6.08 Å². The maximum absolute atomic E-state index is 12.0. The average Bonchev–Trinajstić information content (AvgIpc) is 2.16. The summed E-state index contributed by atoms with van der Waals surface area (Å²) in [6.07, 6.45) is -4.28. The number of nitrogens with zero attached hydrogens (tertiary/aromatic N) is 1. The van der Waals surface area contributed by atoms with Crippen LogP contribution in [0.5, 0.6) is 0 Å². The predicted octanol–water partition coefficient (Wildman–Crippen LogP) is 3.55. The molecule has 15 heavy (non-hydrogen) atoms. The molecule has 4 heteroatoms. The van der Waals surface area contributed by atoms with E-state index in [0.29, 0.717) is 5.56 Å². The van der Waals surface area contributed by atoms with Crippen molar-refractivity contribution in [3.8, 4) is 6.07 Å². The first kappa shape index (κ1) is 11.3. The summed E-state index contributed by atoms with van der Waals surface area (Å²) in [4.78, 5) is 0. The zero-order valence-electron chi connectivity index (χ0n) is 7.75. The molecule has 0 heterocycles. The normalized spacial score (nSPS) is 12.3. The summed E-state index contributed by atoms with van der Waals surface area (Å²) in [5.74, 6) is 0. The van der Waals surface area contributed by atoms with E-state index in [1.807, 2.05) is 0 Å². The number of nitriles is 1. The van der Waals surface area contributed by atoms with Crippen LogP contribution in [0, 0.1) is 11.3 Å². The molecule has 0 saturated carbocycles. The van der Waals surface area contributed by atoms with E-state index >= 15 is 0 Å². The Balaban J connectivity index is 2.85. The van der Waals surface area contributed by atoms with Crippen molar-refractivity contribution < 1.29 is 13.2 Å². The highest BCUT2D eigenvalue weighted by Crippen LogP contribution is 2.25. The standard InChI is InChI=1S/C11H8F3N/c12-11(13,14)7-10(8-15)6-9-4-2-1-3-5-9/h1-6H,7H2/b10-6-. The van der Waals surface area contributed by atoms with Gasteiger partial charge >= 0.3 is 6.18 Å². The van der Waals surface area contributed by atoms with Crippen LogP contribution in [0.3, 0.4) is 0 Å². The lowest BCUT2D eigenvalue weighted by molar-refractivity contribution is -0.126. The SMILES string of the molecule is N#C/C(=C\c1ccccc1)CC(F)(F)F. The molecule has 0 radical (unpaired) electrons. The van der Waals surface area contributed by atoms with Gasteiger partial charge in [-0.25, -0.2) is 0 Å². The summed E-state index contributed by atoms with van der Waals surface area (Å²) in [5.41, 5.74) is 0.312. The highest BCUT2D eigenvalue weighted by atomic mass is 19.4. The van der Waals surface area contributed by atoms with Gasteiger partial charge in [0.2, 0.25) is 0 Å². The first-order valence-corrected chi connectivity index (χ1v) is 4.24. The fraction of sp³-hybridized carbons (Fsp3) is 0.182. The van der Waals surface area contributed by atoms with Crippen molar-refractivity contribution in [2.75, 3.05) is 0 Å². The molecule has 0 fully saturated rings. The highest BCUT2D eigenvalue weighted by Gasteiger charge is 2.28. The van der Waals surface area contributed by atoms with Gasteiger partial charge in [0.1, 0.15) is 0 Å². The molecule has 0 aliphatic carbocycles. The minimum Gasteiger partial charge on any atom is -0.193 e. The van der Waals surface area contributed by atoms with Crippen LogP contribution in [0.25, 0.3) is 6.08 Å². The highest BCUT2D eigenvalue weighted by molar-refractivity contribution is 5.56. The first-order valence-electron chi connectivity index (χ1n) is 4.24. The molecule has 0 amide bonds. The Morgan fingerprint density at radius 3 is 2.33 bits per heavy atom. The van der Waals surface area contributed by atoms with E-state index in [2.05, 4.69) is 0 Å². The van der Waals surface area contributed by atoms with Crippen molar-refractivity contribution in [1.82, 2.24) is 0 Å². The Morgan fingerprint density at radius 1 is 1.27 bits per heavy atom. The number of benzene rings is 1. The van der Waals surface area contributed by atoms with Crippen molar-refractivity contribution in [2.24, 2.45) is 0 Å². The summed E-state index contributed by atoms with van der Waals surface area (Å²) in [6, 6.07) is 10.0. The Kier molecular flexibility index (Phi) is 3.51. The van der Waals surface area contributed by atoms with Crippen LogP contribution in [0.4, 0.5) is 13.2 Å². The molecule has 1 aromatic carbocycles. The molecule has 1 nitrogen and oxygen atoms in total. The second-order valence-corrected chi connectivity index (χ2v) is 2.98. The van der Waals surface area contributed by atoms with Crippen LogP contribution in [0.2, 0.25) is 0 Å². The molecule has 0 spiro atoms. The van der Waals surface area contributed by atoms with Gasteiger partial charge in [0, 0.05) is 5.57 Å². The van der Waals surface area contributed by atoms with Gasteiger partial charge in [-0.1, -0.05) is 30.3 Å². The van der Waals surface area contributed by atoms with Crippen LogP contribution in [-0.4, -0.2) is 6.18 Å². The van der Waals surface area contributed by atoms with E-state index in [-0.39, 0.29) is 5.57 Å². The number of hydrogen-bond acceptors (Lipinski definition) is 1. The molecule has 78 valence electrons. The Hall–Kier alpha value is -1.76. The molecule has 0 aliphatic heterocycles. The summed E-state index contributed by atoms with van der Waals surface area (Å²) in [6.45, 7) is 0. The van der Waals surface area contributed by atoms with E-state index in [4.69, 9.17) is 5.26 Å². The van der Waals surface area contributed by atoms with E-state index in [0.717, 1.165) is 0 Å². The van der Waals surface area contributed by atoms with E-state index in [9.17, 15) is 13.2 Å². The topological polar surface area (TPSA) is 23.8 Å². The molecule has 0 saturated heterocycles. The minimum atomic E-state index is -4.34. The Labute approximate surface area is 85.5 Å². The summed E-state index contributed by atoms with van der Waals surface area (Å²) in [5, 5.41) is 8.53. The molecule has 0 N–H and O–H groups in total. The van der Waals surface area contributed by atoms with Gasteiger partial charge in [-0.05, 0) is 11.6 Å². The predicted molar refractivity (Wildman–Crippen MR) is 50.7 cm³/mol. The van der Waals surface area contributed by atoms with Gasteiger partial charge < -0.3 is 0 Å². The van der Waals surface area contributed by atoms with Crippen molar-refractivity contribution in [1.29, 1.82) is 5.26 Å². The monoisotopic (exact) mass is 211 g/mol. The van der Waals surface area contributed by atoms with Crippen LogP contribution >= 0.6 is 0 Å². The van der Waals surface area contributed by atoms with Crippen LogP contribution in [-0.2, 0) is 0 Å². The molecule has 0 aromatic heterocycles. The number of allylic oxidation sites excluding steroid dienone is 1. The molecule has 1 rings (SSSR count). The second-order valence-electron chi connectivity index (χ2n) is 2.98. The number of alkyl halides is 3. The average molecular weight is 211 g/mol. The number of rotatable bonds is 2. The minimum absolute atomic E-state index is 0.284. The molecular weight excluding hydrogens is 203 g/mol. The van der Waals surface area contributed by atoms with Crippen LogP contribution < -0.4 is 0 Å². The molecule has 0 unspecified atom stereocenters. The largest absolute Gasteiger partial charge is 0.393 e. The smallest absolute Gasteiger partial charge is 0.193 e. The summed E-state index contributed by atoms with van der Waals surface area (Å²) in [7, 11) is 0. The van der Waals surface area contributed by atoms with E-state index < -0.39 is 12.6 Å². The van der Waals surface area contributed by atoms with Gasteiger partial charge in [-0.2, -0.15) is 18.4 Å². The molecule has 0 atom stereocenters. The maximum Gasteiger partial charge on any atom is 0.393 e. The summed E-state index contributed by atoms with van der Waals surface area (Å²) < 4.78 is 36.0. The lowest BCUT2D eigenvalue weighted by atomic mass is 10.1. The third-order valence-electron chi connectivity index (χ3n) is 1.67. The third kappa shape index (κ3) is 4.32. The van der Waals surface area contributed by atoms with Crippen LogP contribution in [0.1, 0.15) is 12.0 Å². The van der Waals surface area contributed by atoms with Gasteiger partial charge in [-0.15, -0.1) is 0 Å². The quantitative estimate of drug-likeness (QED) is 0.686. The van der Waals surface area contributed by atoms with E-state index in [1.165, 1.54) is 6.08 Å². The Bertz CT molecular complexity index is 385. The van der Waals surface area contributed by atoms with Gasteiger partial charge in [0.15, 0.2) is 0 Å². The fourth-order valence-electron chi connectivity index (χ4n) is 1.09. The molecular formula is C11H8F3N. The molecule has 0 aliphatic rings. The Morgan fingerprint density at radius 2 is 1.87 bits per heavy atom. The van der Waals surface area contributed by atoms with Gasteiger partial charge in [-0.3, -0.25) is 0 Å². The van der Waals surface area contributed by atoms with Crippen molar-refractivity contribution in [3.63, 3.8) is 0 Å². The summed E-state index contributed by atoms with van der Waals surface area (Å²) >= 11 is 0. The molecule has 1 aromatic rings. The molecule has 0 bridgehead atoms. The fourth-order valence-corrected chi connectivity index (χ4v) is 1.09. The van der Waals surface area contributed by atoms with Crippen molar-refractivity contribution in [3.05, 3.63) is 41.5 Å². The van der Waals surface area contributed by atoms with Gasteiger partial charge in [0.05, 0.1) is 12.5 Å². The second kappa shape index (κ2) is 4.65. The number of halogens is 3.